The van der Waals surface area contributed by atoms with Crippen molar-refractivity contribution in [2.24, 2.45) is 0 Å². The van der Waals surface area contributed by atoms with E-state index in [0.717, 1.165) is 21.1 Å². The van der Waals surface area contributed by atoms with Crippen LogP contribution in [0.3, 0.4) is 0 Å². The largest absolute Gasteiger partial charge is 0.450 e. The molecule has 5 heteroatoms. The van der Waals surface area contributed by atoms with E-state index in [1.54, 1.807) is 30.3 Å². The van der Waals surface area contributed by atoms with Crippen LogP contribution in [-0.2, 0) is 4.74 Å². The van der Waals surface area contributed by atoms with Gasteiger partial charge < -0.3 is 4.74 Å². The van der Waals surface area contributed by atoms with Crippen molar-refractivity contribution in [3.63, 3.8) is 0 Å². The molecule has 1 heterocycles. The minimum absolute atomic E-state index is 0.208. The number of benzene rings is 3. The summed E-state index contributed by atoms with van der Waals surface area (Å²) in [5.74, 6) is -0.747. The highest BCUT2D eigenvalue weighted by Gasteiger charge is 2.25. The molecule has 1 aromatic heterocycles. The smallest absolute Gasteiger partial charge is 0.339 e. The van der Waals surface area contributed by atoms with Gasteiger partial charge in [-0.05, 0) is 37.1 Å². The van der Waals surface area contributed by atoms with Crippen LogP contribution in [0.1, 0.15) is 39.6 Å². The van der Waals surface area contributed by atoms with Crippen LogP contribution in [0.15, 0.2) is 83.3 Å². The monoisotopic (exact) mass is 487 g/mol. The number of fused-ring (bicyclic) bond motifs is 1. The molecular weight excluding hydrogens is 466 g/mol. The van der Waals surface area contributed by atoms with Crippen LogP contribution in [0.5, 0.6) is 0 Å². The van der Waals surface area contributed by atoms with Crippen LogP contribution in [0.4, 0.5) is 0 Å². The fourth-order valence-corrected chi connectivity index (χ4v) is 4.26. The maximum atomic E-state index is 13.4. The normalized spacial score (nSPS) is 11.8. The molecular formula is C27H22BrNO3. The number of nitrogens with zero attached hydrogens (tertiary/aromatic N) is 1. The Labute approximate surface area is 195 Å². The first-order chi connectivity index (χ1) is 15.5. The van der Waals surface area contributed by atoms with Gasteiger partial charge in [0.1, 0.15) is 0 Å². The molecule has 0 fully saturated rings. The van der Waals surface area contributed by atoms with Gasteiger partial charge in [0.15, 0.2) is 6.10 Å². The molecule has 0 spiro atoms. The van der Waals surface area contributed by atoms with E-state index in [2.05, 4.69) is 15.9 Å². The van der Waals surface area contributed by atoms with Gasteiger partial charge in [0.2, 0.25) is 5.78 Å². The van der Waals surface area contributed by atoms with E-state index in [1.807, 2.05) is 62.4 Å². The van der Waals surface area contributed by atoms with E-state index >= 15 is 0 Å². The number of halogens is 1. The van der Waals surface area contributed by atoms with Gasteiger partial charge in [-0.25, -0.2) is 9.78 Å². The van der Waals surface area contributed by atoms with E-state index in [4.69, 9.17) is 9.72 Å². The molecule has 4 nitrogen and oxygen atoms in total. The number of rotatable bonds is 6. The van der Waals surface area contributed by atoms with Crippen molar-refractivity contribution in [2.75, 3.05) is 0 Å². The number of carbonyl (C=O) groups excluding carboxylic acids is 2. The fourth-order valence-electron chi connectivity index (χ4n) is 3.69. The van der Waals surface area contributed by atoms with Crippen LogP contribution in [-0.4, -0.2) is 22.8 Å². The molecule has 0 aliphatic carbocycles. The molecule has 0 radical (unpaired) electrons. The zero-order chi connectivity index (χ0) is 22.7. The summed E-state index contributed by atoms with van der Waals surface area (Å²) < 4.78 is 6.59. The Hall–Kier alpha value is -3.31. The zero-order valence-electron chi connectivity index (χ0n) is 17.8. The SMILES string of the molecule is CC[C@H](OC(=O)c1cc(-c2ccccc2)nc2c(C)cc(Br)cc12)C(=O)c1ccccc1. The van der Waals surface area contributed by atoms with Crippen molar-refractivity contribution in [1.29, 1.82) is 0 Å². The van der Waals surface area contributed by atoms with E-state index < -0.39 is 12.1 Å². The first-order valence-electron chi connectivity index (χ1n) is 10.4. The lowest BCUT2D eigenvalue weighted by Gasteiger charge is -2.17. The lowest BCUT2D eigenvalue weighted by atomic mass is 10.0. The number of hydrogen-bond acceptors (Lipinski definition) is 4. The number of carbonyl (C=O) groups is 2. The first kappa shape index (κ1) is 21.9. The minimum Gasteiger partial charge on any atom is -0.450 e. The van der Waals surface area contributed by atoms with Gasteiger partial charge >= 0.3 is 5.97 Å². The number of pyridine rings is 1. The molecule has 4 aromatic rings. The average Bonchev–Trinajstić information content (AvgIpc) is 2.82. The van der Waals surface area contributed by atoms with Crippen molar-refractivity contribution in [3.8, 4) is 11.3 Å². The Morgan fingerprint density at radius 2 is 1.62 bits per heavy atom. The molecule has 1 atom stereocenters. The molecule has 0 saturated heterocycles. The fraction of sp³-hybridized carbons (Fsp3) is 0.148. The summed E-state index contributed by atoms with van der Waals surface area (Å²) in [6, 6.07) is 24.2. The van der Waals surface area contributed by atoms with Gasteiger partial charge in [0, 0.05) is 21.0 Å². The molecule has 32 heavy (non-hydrogen) atoms. The Balaban J connectivity index is 1.78. The molecule has 4 rings (SSSR count). The highest BCUT2D eigenvalue weighted by atomic mass is 79.9. The third-order valence-electron chi connectivity index (χ3n) is 5.33. The van der Waals surface area contributed by atoms with E-state index in [1.165, 1.54) is 0 Å². The van der Waals surface area contributed by atoms with Crippen molar-refractivity contribution in [3.05, 3.63) is 100 Å². The lowest BCUT2D eigenvalue weighted by molar-refractivity contribution is 0.0279. The molecule has 0 bridgehead atoms. The second-order valence-electron chi connectivity index (χ2n) is 7.57. The van der Waals surface area contributed by atoms with Gasteiger partial charge in [-0.3, -0.25) is 4.79 Å². The Morgan fingerprint density at radius 3 is 2.28 bits per heavy atom. The molecule has 160 valence electrons. The Bertz CT molecular complexity index is 1290. The molecule has 0 N–H and O–H groups in total. The summed E-state index contributed by atoms with van der Waals surface area (Å²) >= 11 is 3.51. The summed E-state index contributed by atoms with van der Waals surface area (Å²) in [5.41, 5.74) is 4.15. The third kappa shape index (κ3) is 4.48. The predicted molar refractivity (Wildman–Crippen MR) is 130 cm³/mol. The van der Waals surface area contributed by atoms with Crippen molar-refractivity contribution >= 4 is 38.6 Å². The van der Waals surface area contributed by atoms with Crippen molar-refractivity contribution in [2.45, 2.75) is 26.4 Å². The highest BCUT2D eigenvalue weighted by molar-refractivity contribution is 9.10. The molecule has 0 aliphatic rings. The summed E-state index contributed by atoms with van der Waals surface area (Å²) in [6.45, 7) is 3.79. The summed E-state index contributed by atoms with van der Waals surface area (Å²) in [4.78, 5) is 31.1. The number of Topliss-reactive ketones (excluding diaryl/α,β-unsaturated/α-hetero) is 1. The first-order valence-corrected chi connectivity index (χ1v) is 11.2. The Kier molecular flexibility index (Phi) is 6.47. The molecule has 3 aromatic carbocycles. The average molecular weight is 488 g/mol. The van der Waals surface area contributed by atoms with Crippen LogP contribution in [0.2, 0.25) is 0 Å². The van der Waals surface area contributed by atoms with E-state index in [0.29, 0.717) is 28.6 Å². The molecule has 0 unspecified atom stereocenters. The van der Waals surface area contributed by atoms with Gasteiger partial charge in [-0.15, -0.1) is 0 Å². The highest BCUT2D eigenvalue weighted by Crippen LogP contribution is 2.30. The Morgan fingerprint density at radius 1 is 0.969 bits per heavy atom. The maximum Gasteiger partial charge on any atom is 0.339 e. The van der Waals surface area contributed by atoms with Gasteiger partial charge in [0.25, 0.3) is 0 Å². The standard InChI is InChI=1S/C27H22BrNO3/c1-3-24(26(30)19-12-8-5-9-13-19)32-27(31)22-16-23(18-10-6-4-7-11-18)29-25-17(2)14-20(28)15-21(22)25/h4-16,24H,3H2,1-2H3/t24-/m0/s1. The number of ether oxygens (including phenoxy) is 1. The molecule has 0 aliphatic heterocycles. The van der Waals surface area contributed by atoms with Crippen molar-refractivity contribution in [1.82, 2.24) is 4.98 Å². The lowest BCUT2D eigenvalue weighted by Crippen LogP contribution is -2.27. The number of ketones is 1. The van der Waals surface area contributed by atoms with Crippen LogP contribution in [0.25, 0.3) is 22.2 Å². The van der Waals surface area contributed by atoms with Crippen LogP contribution >= 0.6 is 15.9 Å². The number of esters is 1. The zero-order valence-corrected chi connectivity index (χ0v) is 19.4. The van der Waals surface area contributed by atoms with Gasteiger partial charge in [0.05, 0.1) is 16.8 Å². The summed E-state index contributed by atoms with van der Waals surface area (Å²) in [7, 11) is 0. The second-order valence-corrected chi connectivity index (χ2v) is 8.49. The van der Waals surface area contributed by atoms with Crippen molar-refractivity contribution < 1.29 is 14.3 Å². The third-order valence-corrected chi connectivity index (χ3v) is 5.79. The predicted octanol–water partition coefficient (Wildman–Crippen LogP) is 6.79. The van der Waals surface area contributed by atoms with E-state index in [-0.39, 0.29) is 5.78 Å². The van der Waals surface area contributed by atoms with Crippen LogP contribution in [0, 0.1) is 6.92 Å². The van der Waals surface area contributed by atoms with Crippen LogP contribution < -0.4 is 0 Å². The second kappa shape index (κ2) is 9.45. The summed E-state index contributed by atoms with van der Waals surface area (Å²) in [6.07, 6.45) is -0.474. The van der Waals surface area contributed by atoms with E-state index in [9.17, 15) is 9.59 Å². The summed E-state index contributed by atoms with van der Waals surface area (Å²) in [5, 5.41) is 0.684. The quantitative estimate of drug-likeness (QED) is 0.222. The topological polar surface area (TPSA) is 56.3 Å². The number of hydrogen-bond donors (Lipinski definition) is 0. The number of aryl methyl sites for hydroxylation is 1. The van der Waals surface area contributed by atoms with Gasteiger partial charge in [-0.2, -0.15) is 0 Å². The van der Waals surface area contributed by atoms with Gasteiger partial charge in [-0.1, -0.05) is 83.5 Å². The maximum absolute atomic E-state index is 13.4. The number of aromatic nitrogens is 1. The minimum atomic E-state index is -0.860. The molecule has 0 saturated carbocycles. The molecule has 0 amide bonds.